The number of hydrogen-bond acceptors (Lipinski definition) is 2. The Morgan fingerprint density at radius 1 is 1.38 bits per heavy atom. The van der Waals surface area contributed by atoms with Gasteiger partial charge in [-0.2, -0.15) is 0 Å². The summed E-state index contributed by atoms with van der Waals surface area (Å²) in [5.41, 5.74) is 3.03. The van der Waals surface area contributed by atoms with Crippen LogP contribution in [0.5, 0.6) is 0 Å². The predicted molar refractivity (Wildman–Crippen MR) is 67.0 cm³/mol. The summed E-state index contributed by atoms with van der Waals surface area (Å²) in [5.74, 6) is 0.750. The van der Waals surface area contributed by atoms with Gasteiger partial charge in [-0.1, -0.05) is 17.7 Å². The van der Waals surface area contributed by atoms with Crippen molar-refractivity contribution in [1.82, 2.24) is 4.90 Å². The summed E-state index contributed by atoms with van der Waals surface area (Å²) >= 11 is 0. The van der Waals surface area contributed by atoms with Gasteiger partial charge in [0.25, 0.3) is 0 Å². The summed E-state index contributed by atoms with van der Waals surface area (Å²) in [7, 11) is 0. The van der Waals surface area contributed by atoms with Gasteiger partial charge in [-0.25, -0.2) is 0 Å². The van der Waals surface area contributed by atoms with E-state index in [0.717, 1.165) is 32.0 Å². The molecule has 0 bridgehead atoms. The van der Waals surface area contributed by atoms with E-state index in [1.165, 1.54) is 18.4 Å². The number of β-amino-alcohol motifs (C(OH)–C–C–N with tert-alkyl or cyclic N) is 1. The van der Waals surface area contributed by atoms with E-state index >= 15 is 0 Å². The number of allylic oxidation sites excluding steroid dienone is 4. The van der Waals surface area contributed by atoms with Crippen molar-refractivity contribution in [3.63, 3.8) is 0 Å². The maximum Gasteiger partial charge on any atom is 0.0558 e. The van der Waals surface area contributed by atoms with Gasteiger partial charge in [0.05, 0.1) is 6.61 Å². The van der Waals surface area contributed by atoms with E-state index in [0.29, 0.717) is 6.61 Å². The largest absolute Gasteiger partial charge is 0.395 e. The first kappa shape index (κ1) is 11.9. The number of piperidine rings is 1. The van der Waals surface area contributed by atoms with Gasteiger partial charge in [-0.05, 0) is 57.2 Å². The van der Waals surface area contributed by atoms with Crippen LogP contribution in [0.3, 0.4) is 0 Å². The van der Waals surface area contributed by atoms with Gasteiger partial charge < -0.3 is 10.0 Å². The van der Waals surface area contributed by atoms with Crippen LogP contribution < -0.4 is 0 Å². The highest BCUT2D eigenvalue weighted by Gasteiger charge is 2.23. The van der Waals surface area contributed by atoms with E-state index in [1.807, 2.05) is 0 Å². The summed E-state index contributed by atoms with van der Waals surface area (Å²) in [4.78, 5) is 2.37. The van der Waals surface area contributed by atoms with Crippen molar-refractivity contribution in [2.45, 2.75) is 26.2 Å². The van der Waals surface area contributed by atoms with Gasteiger partial charge in [0.1, 0.15) is 0 Å². The zero-order valence-electron chi connectivity index (χ0n) is 10.2. The van der Waals surface area contributed by atoms with Gasteiger partial charge in [0, 0.05) is 6.54 Å². The molecule has 89 valence electrons. The van der Waals surface area contributed by atoms with Crippen LogP contribution in [-0.2, 0) is 0 Å². The molecule has 16 heavy (non-hydrogen) atoms. The Morgan fingerprint density at radius 2 is 2.12 bits per heavy atom. The van der Waals surface area contributed by atoms with Crippen LogP contribution in [0.4, 0.5) is 0 Å². The fourth-order valence-electron chi connectivity index (χ4n) is 2.79. The first-order valence-corrected chi connectivity index (χ1v) is 6.35. The maximum absolute atomic E-state index is 8.91. The first-order chi connectivity index (χ1) is 7.81. The third-order valence-electron chi connectivity index (χ3n) is 3.74. The Kier molecular flexibility index (Phi) is 4.19. The normalized spacial score (nSPS) is 24.1. The minimum absolute atomic E-state index is 0.293. The minimum atomic E-state index is 0.293. The van der Waals surface area contributed by atoms with Crippen LogP contribution in [0.2, 0.25) is 0 Å². The molecular formula is C14H22NO. The molecule has 1 radical (unpaired) electrons. The third kappa shape index (κ3) is 2.74. The zero-order chi connectivity index (χ0) is 11.4. The average molecular weight is 220 g/mol. The summed E-state index contributed by atoms with van der Waals surface area (Å²) in [6.07, 6.45) is 10.5. The van der Waals surface area contributed by atoms with Crippen LogP contribution in [-0.4, -0.2) is 36.2 Å². The molecule has 0 atom stereocenters. The Balaban J connectivity index is 1.89. The molecule has 2 rings (SSSR count). The fourth-order valence-corrected chi connectivity index (χ4v) is 2.79. The Hall–Kier alpha value is -0.600. The van der Waals surface area contributed by atoms with Gasteiger partial charge >= 0.3 is 0 Å². The van der Waals surface area contributed by atoms with Crippen molar-refractivity contribution >= 4 is 0 Å². The van der Waals surface area contributed by atoms with Crippen LogP contribution >= 0.6 is 0 Å². The lowest BCUT2D eigenvalue weighted by molar-refractivity contribution is 0.157. The highest BCUT2D eigenvalue weighted by atomic mass is 16.3. The molecule has 1 aliphatic heterocycles. The molecule has 2 nitrogen and oxygen atoms in total. The molecule has 0 saturated carbocycles. The van der Waals surface area contributed by atoms with Gasteiger partial charge in [0.2, 0.25) is 0 Å². The van der Waals surface area contributed by atoms with E-state index < -0.39 is 0 Å². The second-order valence-electron chi connectivity index (χ2n) is 4.82. The zero-order valence-corrected chi connectivity index (χ0v) is 10.2. The van der Waals surface area contributed by atoms with Crippen LogP contribution in [0.1, 0.15) is 26.2 Å². The fraction of sp³-hybridized carbons (Fsp3) is 0.643. The van der Waals surface area contributed by atoms with Crippen molar-refractivity contribution < 1.29 is 5.11 Å². The first-order valence-electron chi connectivity index (χ1n) is 6.35. The minimum Gasteiger partial charge on any atom is -0.395 e. The van der Waals surface area contributed by atoms with E-state index in [1.54, 1.807) is 5.57 Å². The lowest BCUT2D eigenvalue weighted by Crippen LogP contribution is -2.36. The van der Waals surface area contributed by atoms with E-state index in [2.05, 4.69) is 30.4 Å². The number of aliphatic hydroxyl groups excluding tert-OH is 1. The quantitative estimate of drug-likeness (QED) is 0.788. The summed E-state index contributed by atoms with van der Waals surface area (Å²) in [6, 6.07) is 0. The second-order valence-corrected chi connectivity index (χ2v) is 4.82. The second kappa shape index (κ2) is 5.65. The third-order valence-corrected chi connectivity index (χ3v) is 3.74. The Morgan fingerprint density at radius 3 is 2.75 bits per heavy atom. The van der Waals surface area contributed by atoms with E-state index in [-0.39, 0.29) is 0 Å². The molecule has 1 fully saturated rings. The Labute approximate surface area is 98.6 Å². The van der Waals surface area contributed by atoms with Crippen molar-refractivity contribution in [2.75, 3.05) is 26.2 Å². The predicted octanol–water partition coefficient (Wildman–Crippen LogP) is 2.17. The monoisotopic (exact) mass is 220 g/mol. The number of rotatable bonds is 3. The number of aliphatic hydroxyl groups is 1. The Bertz CT molecular complexity index is 285. The molecule has 2 heteroatoms. The molecule has 0 aromatic heterocycles. The van der Waals surface area contributed by atoms with Gasteiger partial charge in [-0.3, -0.25) is 0 Å². The molecule has 0 spiro atoms. The van der Waals surface area contributed by atoms with Gasteiger partial charge in [-0.15, -0.1) is 0 Å². The van der Waals surface area contributed by atoms with Crippen LogP contribution in [0, 0.1) is 12.3 Å². The standard InChI is InChI=1S/C14H22NO/c1-12-4-2-3-5-14(12)13-6-8-15(9-7-13)10-11-16/h2,4-5,13,16H,3,6-11H2,1H3. The van der Waals surface area contributed by atoms with Crippen molar-refractivity contribution in [3.8, 4) is 0 Å². The topological polar surface area (TPSA) is 23.5 Å². The molecule has 0 amide bonds. The SMILES string of the molecule is CC1=C[CH]CC=C1C1CCN(CCO)CC1. The average Bonchev–Trinajstić information content (AvgIpc) is 2.31. The molecule has 1 aliphatic carbocycles. The van der Waals surface area contributed by atoms with Crippen molar-refractivity contribution in [1.29, 1.82) is 0 Å². The lowest BCUT2D eigenvalue weighted by Gasteiger charge is -2.33. The van der Waals surface area contributed by atoms with E-state index in [9.17, 15) is 0 Å². The molecule has 0 aromatic carbocycles. The highest BCUT2D eigenvalue weighted by molar-refractivity contribution is 5.37. The van der Waals surface area contributed by atoms with Gasteiger partial charge in [0.15, 0.2) is 0 Å². The van der Waals surface area contributed by atoms with E-state index in [4.69, 9.17) is 5.11 Å². The van der Waals surface area contributed by atoms with Crippen molar-refractivity contribution in [3.05, 3.63) is 29.7 Å². The van der Waals surface area contributed by atoms with Crippen LogP contribution in [0.15, 0.2) is 23.3 Å². The number of nitrogens with zero attached hydrogens (tertiary/aromatic N) is 1. The van der Waals surface area contributed by atoms with Crippen molar-refractivity contribution in [2.24, 2.45) is 5.92 Å². The molecular weight excluding hydrogens is 198 g/mol. The summed E-state index contributed by atoms with van der Waals surface area (Å²) in [6.45, 7) is 5.64. The maximum atomic E-state index is 8.91. The highest BCUT2D eigenvalue weighted by Crippen LogP contribution is 2.31. The number of likely N-dealkylation sites (tertiary alicyclic amines) is 1. The molecule has 1 heterocycles. The molecule has 0 aromatic rings. The lowest BCUT2D eigenvalue weighted by atomic mass is 9.82. The molecule has 1 saturated heterocycles. The molecule has 0 unspecified atom stereocenters. The smallest absolute Gasteiger partial charge is 0.0558 e. The molecule has 2 aliphatic rings. The summed E-state index contributed by atoms with van der Waals surface area (Å²) < 4.78 is 0. The number of hydrogen-bond donors (Lipinski definition) is 1. The van der Waals surface area contributed by atoms with Crippen LogP contribution in [0.25, 0.3) is 0 Å². The molecule has 1 N–H and O–H groups in total. The summed E-state index contributed by atoms with van der Waals surface area (Å²) in [5, 5.41) is 8.91.